The molecule has 0 aliphatic rings. The number of carbonyl (C=O) groups is 2. The minimum Gasteiger partial charge on any atom is -0.480 e. The minimum atomic E-state index is -1.02. The molecule has 0 fully saturated rings. The fourth-order valence-corrected chi connectivity index (χ4v) is 2.36. The SMILES string of the molecule is CCCCCCCCCCCCC(NCC(=O)O)C(=O)O.[K]. The fraction of sp³-hybridized carbons (Fsp3) is 0.875. The molecule has 0 aromatic carbocycles. The predicted molar refractivity (Wildman–Crippen MR) is 89.3 cm³/mol. The molecular weight excluding hydrogens is 309 g/mol. The standard InChI is InChI=1S/C16H31NO4.K/c1-2-3-4-5-6-7-8-9-10-11-12-14(16(20)21)17-13-15(18)19;/h14,17H,2-13H2,1H3,(H,18,19)(H,20,21);. The van der Waals surface area contributed by atoms with Gasteiger partial charge in [-0.1, -0.05) is 71.1 Å². The number of hydrogen-bond acceptors (Lipinski definition) is 3. The van der Waals surface area contributed by atoms with Crippen LogP contribution in [0.2, 0.25) is 0 Å². The number of rotatable bonds is 15. The van der Waals surface area contributed by atoms with Crippen LogP contribution in [0.5, 0.6) is 0 Å². The first-order chi connectivity index (χ1) is 10.1. The van der Waals surface area contributed by atoms with Gasteiger partial charge in [0, 0.05) is 51.4 Å². The summed E-state index contributed by atoms with van der Waals surface area (Å²) >= 11 is 0. The third-order valence-corrected chi connectivity index (χ3v) is 3.64. The van der Waals surface area contributed by atoms with E-state index in [1.165, 1.54) is 44.9 Å². The fourth-order valence-electron chi connectivity index (χ4n) is 2.36. The van der Waals surface area contributed by atoms with Gasteiger partial charge in [0.25, 0.3) is 0 Å². The molecule has 22 heavy (non-hydrogen) atoms. The molecule has 0 aromatic rings. The van der Waals surface area contributed by atoms with Gasteiger partial charge in [-0.05, 0) is 6.42 Å². The van der Waals surface area contributed by atoms with Crippen molar-refractivity contribution in [1.82, 2.24) is 5.32 Å². The average molecular weight is 341 g/mol. The number of hydrogen-bond donors (Lipinski definition) is 3. The van der Waals surface area contributed by atoms with Crippen molar-refractivity contribution in [3.63, 3.8) is 0 Å². The Morgan fingerprint density at radius 3 is 1.73 bits per heavy atom. The van der Waals surface area contributed by atoms with Crippen LogP contribution in [0.15, 0.2) is 0 Å². The van der Waals surface area contributed by atoms with Gasteiger partial charge in [0.05, 0.1) is 6.54 Å². The third kappa shape index (κ3) is 16.9. The first-order valence-corrected chi connectivity index (χ1v) is 8.26. The Balaban J connectivity index is 0. The van der Waals surface area contributed by atoms with Crippen LogP contribution in [0.4, 0.5) is 0 Å². The van der Waals surface area contributed by atoms with Crippen molar-refractivity contribution < 1.29 is 19.8 Å². The van der Waals surface area contributed by atoms with Gasteiger partial charge in [0.15, 0.2) is 0 Å². The maximum Gasteiger partial charge on any atom is 0.320 e. The molecule has 0 aliphatic heterocycles. The van der Waals surface area contributed by atoms with Crippen molar-refractivity contribution in [1.29, 1.82) is 0 Å². The second-order valence-electron chi connectivity index (χ2n) is 5.64. The van der Waals surface area contributed by atoms with Gasteiger partial charge in [-0.25, -0.2) is 0 Å². The molecular formula is C16H31KNO4. The van der Waals surface area contributed by atoms with Crippen LogP contribution in [0.1, 0.15) is 77.6 Å². The second kappa shape index (κ2) is 17.9. The van der Waals surface area contributed by atoms with Crippen LogP contribution < -0.4 is 5.32 Å². The Morgan fingerprint density at radius 2 is 1.32 bits per heavy atom. The van der Waals surface area contributed by atoms with Gasteiger partial charge in [-0.15, -0.1) is 0 Å². The Hall–Kier alpha value is 0.536. The predicted octanol–water partition coefficient (Wildman–Crippen LogP) is 3.04. The van der Waals surface area contributed by atoms with E-state index in [1.807, 2.05) is 0 Å². The summed E-state index contributed by atoms with van der Waals surface area (Å²) in [5, 5.41) is 20.1. The van der Waals surface area contributed by atoms with E-state index in [0.717, 1.165) is 19.3 Å². The first kappa shape index (κ1) is 24.8. The average Bonchev–Trinajstić information content (AvgIpc) is 2.43. The maximum absolute atomic E-state index is 10.9. The number of carboxylic acids is 2. The van der Waals surface area contributed by atoms with Crippen molar-refractivity contribution in [2.75, 3.05) is 6.54 Å². The summed E-state index contributed by atoms with van der Waals surface area (Å²) in [7, 11) is 0. The molecule has 1 radical (unpaired) electrons. The molecule has 125 valence electrons. The molecule has 0 amide bonds. The van der Waals surface area contributed by atoms with Gasteiger partial charge < -0.3 is 10.2 Å². The van der Waals surface area contributed by atoms with E-state index in [-0.39, 0.29) is 57.9 Å². The van der Waals surface area contributed by atoms with E-state index in [9.17, 15) is 9.59 Å². The van der Waals surface area contributed by atoms with Crippen LogP contribution in [-0.2, 0) is 9.59 Å². The smallest absolute Gasteiger partial charge is 0.320 e. The topological polar surface area (TPSA) is 86.6 Å². The van der Waals surface area contributed by atoms with E-state index in [0.29, 0.717) is 6.42 Å². The Morgan fingerprint density at radius 1 is 0.864 bits per heavy atom. The number of carboxylic acid groups (broad SMARTS) is 2. The molecule has 0 aromatic heterocycles. The Kier molecular flexibility index (Phi) is 20.1. The zero-order chi connectivity index (χ0) is 15.9. The summed E-state index contributed by atoms with van der Waals surface area (Å²) in [5.41, 5.74) is 0. The van der Waals surface area contributed by atoms with Gasteiger partial charge >= 0.3 is 11.9 Å². The van der Waals surface area contributed by atoms with E-state index in [4.69, 9.17) is 10.2 Å². The summed E-state index contributed by atoms with van der Waals surface area (Å²) in [5.74, 6) is -1.99. The maximum atomic E-state index is 10.9. The van der Waals surface area contributed by atoms with Crippen molar-refractivity contribution in [2.24, 2.45) is 0 Å². The van der Waals surface area contributed by atoms with Crippen molar-refractivity contribution in [3.8, 4) is 0 Å². The second-order valence-corrected chi connectivity index (χ2v) is 5.64. The summed E-state index contributed by atoms with van der Waals surface area (Å²) in [6.45, 7) is 1.92. The molecule has 0 heterocycles. The summed E-state index contributed by atoms with van der Waals surface area (Å²) < 4.78 is 0. The van der Waals surface area contributed by atoms with Crippen molar-refractivity contribution in [2.45, 2.75) is 83.6 Å². The van der Waals surface area contributed by atoms with Gasteiger partial charge in [0.1, 0.15) is 6.04 Å². The molecule has 0 rings (SSSR count). The van der Waals surface area contributed by atoms with Crippen LogP contribution >= 0.6 is 0 Å². The Labute approximate surface area is 177 Å². The summed E-state index contributed by atoms with van der Waals surface area (Å²) in [4.78, 5) is 21.4. The van der Waals surface area contributed by atoms with Gasteiger partial charge in [-0.3, -0.25) is 14.9 Å². The molecule has 0 aliphatic carbocycles. The van der Waals surface area contributed by atoms with Crippen molar-refractivity contribution in [3.05, 3.63) is 0 Å². The van der Waals surface area contributed by atoms with Gasteiger partial charge in [-0.2, -0.15) is 0 Å². The van der Waals surface area contributed by atoms with E-state index in [1.54, 1.807) is 0 Å². The monoisotopic (exact) mass is 340 g/mol. The molecule has 3 N–H and O–H groups in total. The van der Waals surface area contributed by atoms with Crippen LogP contribution in [0.3, 0.4) is 0 Å². The first-order valence-electron chi connectivity index (χ1n) is 8.26. The molecule has 0 saturated heterocycles. The summed E-state index contributed by atoms with van der Waals surface area (Å²) in [6, 6.07) is -0.741. The normalized spacial score (nSPS) is 11.7. The van der Waals surface area contributed by atoms with Crippen molar-refractivity contribution >= 4 is 63.3 Å². The van der Waals surface area contributed by atoms with Crippen LogP contribution in [0.25, 0.3) is 0 Å². The van der Waals surface area contributed by atoms with E-state index in [2.05, 4.69) is 12.2 Å². The molecule has 6 heteroatoms. The zero-order valence-electron chi connectivity index (χ0n) is 14.3. The molecule has 5 nitrogen and oxygen atoms in total. The number of nitrogens with one attached hydrogen (secondary N) is 1. The Bertz CT molecular complexity index is 287. The zero-order valence-corrected chi connectivity index (χ0v) is 17.4. The van der Waals surface area contributed by atoms with Crippen LogP contribution in [0, 0.1) is 0 Å². The molecule has 0 saturated carbocycles. The minimum absolute atomic E-state index is 0. The molecule has 1 atom stereocenters. The van der Waals surface area contributed by atoms with Crippen LogP contribution in [-0.4, -0.2) is 86.1 Å². The van der Waals surface area contributed by atoms with Gasteiger partial charge in [0.2, 0.25) is 0 Å². The quantitative estimate of drug-likeness (QED) is 0.315. The number of aliphatic carboxylic acids is 2. The largest absolute Gasteiger partial charge is 0.480 e. The van der Waals surface area contributed by atoms with E-state index < -0.39 is 18.0 Å². The number of unbranched alkanes of at least 4 members (excludes halogenated alkanes) is 9. The molecule has 0 spiro atoms. The third-order valence-electron chi connectivity index (χ3n) is 3.64. The summed E-state index contributed by atoms with van der Waals surface area (Å²) in [6.07, 6.45) is 12.6. The molecule has 0 bridgehead atoms. The molecule has 1 unspecified atom stereocenters. The van der Waals surface area contributed by atoms with E-state index >= 15 is 0 Å².